The first-order valence-electron chi connectivity index (χ1n) is 22.8. The van der Waals surface area contributed by atoms with Crippen LogP contribution in [0.5, 0.6) is 0 Å². The Morgan fingerprint density at radius 3 is 1.30 bits per heavy atom. The number of anilines is 3. The van der Waals surface area contributed by atoms with Crippen molar-refractivity contribution in [2.24, 2.45) is 0 Å². The molecule has 0 spiro atoms. The molecule has 2 heteroatoms. The largest absolute Gasteiger partial charge is 0.310 e. The molecule has 1 nitrogen and oxygen atoms in total. The molecule has 1 heterocycles. The molecule has 0 radical (unpaired) electrons. The number of fused-ring (bicyclic) bond motifs is 7. The Labute approximate surface area is 390 Å². The standard InChI is InChI=1S/C64H43NS/c1-5-19-47(20-6-1)63(48-21-7-2-8-22-48)58-30-15-13-28-54(58)56-36-33-46(41-60(56)63)45-18-17-27-51(40-45)65(53-34-32-44-38-39-66-62(44)43-53)52-35-37-57-55-29-14-16-31-59(55)64(61(57)42-52,49-23-9-3-10-24-49)50-25-11-4-12-26-50/h1-43H. The van der Waals surface area contributed by atoms with Crippen LogP contribution in [0.2, 0.25) is 0 Å². The minimum absolute atomic E-state index is 0.476. The Balaban J connectivity index is 1.02. The summed E-state index contributed by atoms with van der Waals surface area (Å²) in [4.78, 5) is 2.47. The Bertz CT molecular complexity index is 3510. The Morgan fingerprint density at radius 1 is 0.288 bits per heavy atom. The van der Waals surface area contributed by atoms with Gasteiger partial charge in [0.05, 0.1) is 10.8 Å². The Morgan fingerprint density at radius 2 is 0.727 bits per heavy atom. The Kier molecular flexibility index (Phi) is 8.91. The lowest BCUT2D eigenvalue weighted by Crippen LogP contribution is -2.28. The number of rotatable bonds is 8. The summed E-state index contributed by atoms with van der Waals surface area (Å²) in [6.45, 7) is 0. The minimum Gasteiger partial charge on any atom is -0.310 e. The van der Waals surface area contributed by atoms with Crippen molar-refractivity contribution in [3.05, 3.63) is 305 Å². The van der Waals surface area contributed by atoms with Crippen molar-refractivity contribution in [3.8, 4) is 33.4 Å². The van der Waals surface area contributed by atoms with Crippen LogP contribution < -0.4 is 4.90 Å². The molecular weight excluding hydrogens is 815 g/mol. The van der Waals surface area contributed by atoms with E-state index in [0.717, 1.165) is 17.1 Å². The van der Waals surface area contributed by atoms with Gasteiger partial charge in [-0.25, -0.2) is 0 Å². The van der Waals surface area contributed by atoms with Gasteiger partial charge in [0.1, 0.15) is 0 Å². The second-order valence-corrected chi connectivity index (χ2v) is 18.5. The van der Waals surface area contributed by atoms with Crippen molar-refractivity contribution in [2.45, 2.75) is 10.8 Å². The van der Waals surface area contributed by atoms with Crippen LogP contribution in [0.15, 0.2) is 260 Å². The summed E-state index contributed by atoms with van der Waals surface area (Å²) in [7, 11) is 0. The topological polar surface area (TPSA) is 3.24 Å². The highest BCUT2D eigenvalue weighted by atomic mass is 32.1. The fourth-order valence-electron chi connectivity index (χ4n) is 11.5. The number of nitrogens with zero attached hydrogens (tertiary/aromatic N) is 1. The summed E-state index contributed by atoms with van der Waals surface area (Å²) in [6.07, 6.45) is 0. The highest BCUT2D eigenvalue weighted by Gasteiger charge is 2.47. The van der Waals surface area contributed by atoms with E-state index in [-0.39, 0.29) is 0 Å². The third-order valence-electron chi connectivity index (χ3n) is 14.3. The summed E-state index contributed by atoms with van der Waals surface area (Å²) in [6, 6.07) is 94.9. The zero-order valence-corrected chi connectivity index (χ0v) is 37.0. The van der Waals surface area contributed by atoms with Crippen molar-refractivity contribution >= 4 is 38.5 Å². The zero-order chi connectivity index (χ0) is 43.7. The van der Waals surface area contributed by atoms with Gasteiger partial charge in [-0.3, -0.25) is 0 Å². The van der Waals surface area contributed by atoms with Gasteiger partial charge in [-0.15, -0.1) is 11.3 Å². The van der Waals surface area contributed by atoms with Crippen LogP contribution in [0.25, 0.3) is 43.5 Å². The molecule has 0 saturated heterocycles. The van der Waals surface area contributed by atoms with Crippen molar-refractivity contribution in [1.29, 1.82) is 0 Å². The first-order valence-corrected chi connectivity index (χ1v) is 23.7. The molecule has 2 aliphatic carbocycles. The molecule has 0 N–H and O–H groups in total. The average molecular weight is 858 g/mol. The molecule has 0 bridgehead atoms. The number of hydrogen-bond acceptors (Lipinski definition) is 2. The molecule has 0 unspecified atom stereocenters. The summed E-state index contributed by atoms with van der Waals surface area (Å²) in [5.74, 6) is 0. The van der Waals surface area contributed by atoms with E-state index in [0.29, 0.717) is 0 Å². The molecule has 0 amide bonds. The van der Waals surface area contributed by atoms with Crippen molar-refractivity contribution in [2.75, 3.05) is 4.90 Å². The highest BCUT2D eigenvalue weighted by molar-refractivity contribution is 7.17. The van der Waals surface area contributed by atoms with Gasteiger partial charge >= 0.3 is 0 Å². The smallest absolute Gasteiger partial charge is 0.0714 e. The summed E-state index contributed by atoms with van der Waals surface area (Å²) in [5, 5.41) is 3.45. The van der Waals surface area contributed by atoms with Crippen LogP contribution in [0.3, 0.4) is 0 Å². The van der Waals surface area contributed by atoms with Crippen LogP contribution in [0, 0.1) is 0 Å². The summed E-state index contributed by atoms with van der Waals surface area (Å²) in [5.41, 5.74) is 20.1. The van der Waals surface area contributed by atoms with Crippen LogP contribution in [-0.4, -0.2) is 0 Å². The molecule has 10 aromatic carbocycles. The van der Waals surface area contributed by atoms with Crippen LogP contribution in [0.1, 0.15) is 44.5 Å². The number of hydrogen-bond donors (Lipinski definition) is 0. The lowest BCUT2D eigenvalue weighted by Gasteiger charge is -2.35. The first-order chi connectivity index (χ1) is 32.7. The molecule has 310 valence electrons. The minimum atomic E-state index is -0.512. The van der Waals surface area contributed by atoms with E-state index in [1.54, 1.807) is 11.3 Å². The molecule has 0 saturated carbocycles. The SMILES string of the molecule is c1ccc(C2(c3ccccc3)c3ccccc3-c3ccc(-c4cccc(N(c5ccc6c(c5)C(c5ccccc5)(c5ccccc5)c5ccccc5-6)c5ccc6ccsc6c5)c4)cc32)cc1. The van der Waals surface area contributed by atoms with Crippen molar-refractivity contribution < 1.29 is 0 Å². The van der Waals surface area contributed by atoms with Gasteiger partial charge in [-0.1, -0.05) is 206 Å². The van der Waals surface area contributed by atoms with E-state index in [4.69, 9.17) is 0 Å². The zero-order valence-electron chi connectivity index (χ0n) is 36.2. The molecule has 0 atom stereocenters. The third kappa shape index (κ3) is 5.65. The van der Waals surface area contributed by atoms with Gasteiger partial charge in [0.15, 0.2) is 0 Å². The van der Waals surface area contributed by atoms with E-state index >= 15 is 0 Å². The molecule has 11 aromatic rings. The molecule has 1 aromatic heterocycles. The van der Waals surface area contributed by atoms with Crippen molar-refractivity contribution in [3.63, 3.8) is 0 Å². The van der Waals surface area contributed by atoms with E-state index in [2.05, 4.69) is 265 Å². The predicted molar refractivity (Wildman–Crippen MR) is 277 cm³/mol. The maximum Gasteiger partial charge on any atom is 0.0714 e. The fourth-order valence-corrected chi connectivity index (χ4v) is 12.4. The van der Waals surface area contributed by atoms with E-state index in [1.807, 2.05) is 0 Å². The van der Waals surface area contributed by atoms with Crippen LogP contribution in [-0.2, 0) is 10.8 Å². The van der Waals surface area contributed by atoms with Crippen molar-refractivity contribution in [1.82, 2.24) is 0 Å². The predicted octanol–water partition coefficient (Wildman–Crippen LogP) is 16.8. The maximum absolute atomic E-state index is 2.47. The highest BCUT2D eigenvalue weighted by Crippen LogP contribution is 2.59. The molecule has 2 aliphatic rings. The summed E-state index contributed by atoms with van der Waals surface area (Å²) >= 11 is 1.79. The third-order valence-corrected chi connectivity index (χ3v) is 15.2. The lowest BCUT2D eigenvalue weighted by atomic mass is 9.67. The van der Waals surface area contributed by atoms with E-state index in [9.17, 15) is 0 Å². The van der Waals surface area contributed by atoms with Gasteiger partial charge < -0.3 is 4.90 Å². The number of benzene rings is 10. The van der Waals surface area contributed by atoms with Crippen LogP contribution >= 0.6 is 11.3 Å². The molecule has 0 aliphatic heterocycles. The molecule has 66 heavy (non-hydrogen) atoms. The van der Waals surface area contributed by atoms with E-state index < -0.39 is 10.8 Å². The van der Waals surface area contributed by atoms with Gasteiger partial charge in [-0.05, 0) is 137 Å². The monoisotopic (exact) mass is 857 g/mol. The average Bonchev–Trinajstić information content (AvgIpc) is 4.08. The quantitative estimate of drug-likeness (QED) is 0.147. The van der Waals surface area contributed by atoms with Gasteiger partial charge in [-0.2, -0.15) is 0 Å². The second-order valence-electron chi connectivity index (χ2n) is 17.6. The second kappa shape index (κ2) is 15.3. The lowest BCUT2D eigenvalue weighted by molar-refractivity contribution is 0.768. The molecular formula is C64H43NS. The number of thiophene rings is 1. The molecule has 0 fully saturated rings. The molecule has 13 rings (SSSR count). The van der Waals surface area contributed by atoms with Gasteiger partial charge in [0, 0.05) is 21.8 Å². The fraction of sp³-hybridized carbons (Fsp3) is 0.0312. The maximum atomic E-state index is 2.47. The normalized spacial score (nSPS) is 13.7. The Hall–Kier alpha value is -8.04. The van der Waals surface area contributed by atoms with Gasteiger partial charge in [0.25, 0.3) is 0 Å². The van der Waals surface area contributed by atoms with Crippen LogP contribution in [0.4, 0.5) is 17.1 Å². The van der Waals surface area contributed by atoms with Gasteiger partial charge in [0.2, 0.25) is 0 Å². The van der Waals surface area contributed by atoms with E-state index in [1.165, 1.54) is 88.0 Å². The summed E-state index contributed by atoms with van der Waals surface area (Å²) < 4.78 is 1.27. The first kappa shape index (κ1) is 38.4.